The van der Waals surface area contributed by atoms with E-state index >= 15 is 0 Å². The highest BCUT2D eigenvalue weighted by atomic mass is 35.5. The summed E-state index contributed by atoms with van der Waals surface area (Å²) in [7, 11) is 1.67. The highest BCUT2D eigenvalue weighted by Gasteiger charge is 2.18. The number of benzene rings is 3. The fourth-order valence-corrected chi connectivity index (χ4v) is 3.89. The zero-order chi connectivity index (χ0) is 17.7. The van der Waals surface area contributed by atoms with Crippen molar-refractivity contribution in [3.63, 3.8) is 0 Å². The van der Waals surface area contributed by atoms with Crippen molar-refractivity contribution < 1.29 is 4.74 Å². The van der Waals surface area contributed by atoms with Crippen LogP contribution in [-0.4, -0.2) is 16.7 Å². The second-order valence-electron chi connectivity index (χ2n) is 6.19. The van der Waals surface area contributed by atoms with E-state index in [1.54, 1.807) is 7.11 Å². The number of fused-ring (bicyclic) bond motifs is 4. The lowest BCUT2D eigenvalue weighted by atomic mass is 10.1. The molecule has 0 atom stereocenters. The SMILES string of the molecule is COc1ccc(-n2c3ccccc3c3c(Cl)c4ccccc4nc32)cc1. The van der Waals surface area contributed by atoms with Gasteiger partial charge >= 0.3 is 0 Å². The Hall–Kier alpha value is -3.04. The van der Waals surface area contributed by atoms with Gasteiger partial charge in [0.15, 0.2) is 0 Å². The van der Waals surface area contributed by atoms with Crippen molar-refractivity contribution in [2.24, 2.45) is 0 Å². The van der Waals surface area contributed by atoms with Gasteiger partial charge in [-0.15, -0.1) is 0 Å². The van der Waals surface area contributed by atoms with E-state index in [4.69, 9.17) is 21.3 Å². The molecule has 5 aromatic rings. The van der Waals surface area contributed by atoms with Crippen LogP contribution in [0.1, 0.15) is 0 Å². The molecular formula is C22H15ClN2O. The summed E-state index contributed by atoms with van der Waals surface area (Å²) in [6.45, 7) is 0. The van der Waals surface area contributed by atoms with Gasteiger partial charge in [-0.05, 0) is 36.4 Å². The van der Waals surface area contributed by atoms with Gasteiger partial charge in [-0.25, -0.2) is 4.98 Å². The van der Waals surface area contributed by atoms with Crippen molar-refractivity contribution in [1.29, 1.82) is 0 Å². The fourth-order valence-electron chi connectivity index (χ4n) is 3.55. The number of para-hydroxylation sites is 2. The molecule has 0 fully saturated rings. The molecule has 0 radical (unpaired) electrons. The van der Waals surface area contributed by atoms with Gasteiger partial charge in [-0.1, -0.05) is 48.0 Å². The van der Waals surface area contributed by atoms with Crippen LogP contribution in [0.25, 0.3) is 38.5 Å². The molecule has 26 heavy (non-hydrogen) atoms. The molecular weight excluding hydrogens is 344 g/mol. The minimum atomic E-state index is 0.745. The molecule has 126 valence electrons. The maximum Gasteiger partial charge on any atom is 0.147 e. The van der Waals surface area contributed by atoms with Crippen LogP contribution in [0.4, 0.5) is 0 Å². The summed E-state index contributed by atoms with van der Waals surface area (Å²) < 4.78 is 7.45. The third-order valence-electron chi connectivity index (χ3n) is 4.77. The molecule has 3 aromatic carbocycles. The maximum atomic E-state index is 6.83. The number of hydrogen-bond donors (Lipinski definition) is 0. The van der Waals surface area contributed by atoms with Crippen molar-refractivity contribution in [1.82, 2.24) is 9.55 Å². The van der Waals surface area contributed by atoms with E-state index in [1.165, 1.54) is 0 Å². The molecule has 0 amide bonds. The molecule has 0 unspecified atom stereocenters. The number of halogens is 1. The normalized spacial score (nSPS) is 11.5. The van der Waals surface area contributed by atoms with Crippen LogP contribution in [0.5, 0.6) is 5.75 Å². The van der Waals surface area contributed by atoms with Crippen LogP contribution < -0.4 is 4.74 Å². The van der Waals surface area contributed by atoms with Crippen molar-refractivity contribution in [2.75, 3.05) is 7.11 Å². The van der Waals surface area contributed by atoms with E-state index < -0.39 is 0 Å². The molecule has 5 rings (SSSR count). The minimum Gasteiger partial charge on any atom is -0.497 e. The standard InChI is InChI=1S/C22H15ClN2O/c1-26-15-12-10-14(11-13-15)25-19-9-5-3-7-17(19)20-21(23)16-6-2-4-8-18(16)24-22(20)25/h2-13H,1H3. The van der Waals surface area contributed by atoms with Gasteiger partial charge in [0.05, 0.1) is 23.2 Å². The Bertz CT molecular complexity index is 1270. The average molecular weight is 359 g/mol. The first-order chi connectivity index (χ1) is 12.8. The summed E-state index contributed by atoms with van der Waals surface area (Å²) in [5, 5.41) is 3.80. The average Bonchev–Trinajstić information content (AvgIpc) is 3.02. The maximum absolute atomic E-state index is 6.83. The topological polar surface area (TPSA) is 27.1 Å². The molecule has 0 aliphatic carbocycles. The summed E-state index contributed by atoms with van der Waals surface area (Å²) in [5.74, 6) is 0.825. The van der Waals surface area contributed by atoms with Gasteiger partial charge in [0.25, 0.3) is 0 Å². The first-order valence-corrected chi connectivity index (χ1v) is 8.77. The van der Waals surface area contributed by atoms with E-state index in [1.807, 2.05) is 60.7 Å². The molecule has 3 nitrogen and oxygen atoms in total. The Labute approximate surface area is 155 Å². The van der Waals surface area contributed by atoms with Crippen LogP contribution in [0, 0.1) is 0 Å². The molecule has 0 aliphatic rings. The zero-order valence-electron chi connectivity index (χ0n) is 14.1. The molecule has 0 aliphatic heterocycles. The number of nitrogens with zero attached hydrogens (tertiary/aromatic N) is 2. The Balaban J connectivity index is 1.97. The van der Waals surface area contributed by atoms with Crippen LogP contribution in [0.15, 0.2) is 72.8 Å². The predicted molar refractivity (Wildman–Crippen MR) is 108 cm³/mol. The minimum absolute atomic E-state index is 0.745. The lowest BCUT2D eigenvalue weighted by molar-refractivity contribution is 0.415. The highest BCUT2D eigenvalue weighted by molar-refractivity contribution is 6.42. The van der Waals surface area contributed by atoms with E-state index in [9.17, 15) is 0 Å². The summed E-state index contributed by atoms with van der Waals surface area (Å²) in [6.07, 6.45) is 0. The molecule has 2 aromatic heterocycles. The van der Waals surface area contributed by atoms with Gasteiger partial charge in [-0.2, -0.15) is 0 Å². The first kappa shape index (κ1) is 15.2. The van der Waals surface area contributed by atoms with Crippen LogP contribution in [0.2, 0.25) is 5.02 Å². The van der Waals surface area contributed by atoms with Crippen LogP contribution in [-0.2, 0) is 0 Å². The molecule has 0 saturated carbocycles. The van der Waals surface area contributed by atoms with Crippen molar-refractivity contribution >= 4 is 44.4 Å². The number of ether oxygens (including phenoxy) is 1. The second-order valence-corrected chi connectivity index (χ2v) is 6.57. The smallest absolute Gasteiger partial charge is 0.147 e. The Morgan fingerprint density at radius 2 is 1.54 bits per heavy atom. The summed E-state index contributed by atoms with van der Waals surface area (Å²) in [4.78, 5) is 4.94. The first-order valence-electron chi connectivity index (χ1n) is 8.40. The molecule has 0 bridgehead atoms. The largest absolute Gasteiger partial charge is 0.497 e. The van der Waals surface area contributed by atoms with Crippen LogP contribution >= 0.6 is 11.6 Å². The number of methoxy groups -OCH3 is 1. The van der Waals surface area contributed by atoms with Crippen molar-refractivity contribution in [2.45, 2.75) is 0 Å². The molecule has 4 heteroatoms. The Morgan fingerprint density at radius 1 is 0.846 bits per heavy atom. The summed E-state index contributed by atoms with van der Waals surface area (Å²) in [6, 6.07) is 24.2. The van der Waals surface area contributed by atoms with Gasteiger partial charge in [0.1, 0.15) is 11.4 Å². The summed E-state index contributed by atoms with van der Waals surface area (Å²) in [5.41, 5.74) is 3.86. The van der Waals surface area contributed by atoms with E-state index in [0.29, 0.717) is 0 Å². The van der Waals surface area contributed by atoms with E-state index in [2.05, 4.69) is 16.7 Å². The molecule has 2 heterocycles. The highest BCUT2D eigenvalue weighted by Crippen LogP contribution is 2.38. The summed E-state index contributed by atoms with van der Waals surface area (Å²) >= 11 is 6.83. The number of hydrogen-bond acceptors (Lipinski definition) is 2. The Morgan fingerprint density at radius 3 is 2.31 bits per heavy atom. The third-order valence-corrected chi connectivity index (χ3v) is 5.16. The monoisotopic (exact) mass is 358 g/mol. The van der Waals surface area contributed by atoms with Crippen molar-refractivity contribution in [3.8, 4) is 11.4 Å². The van der Waals surface area contributed by atoms with Crippen LogP contribution in [0.3, 0.4) is 0 Å². The fraction of sp³-hybridized carbons (Fsp3) is 0.0455. The lowest BCUT2D eigenvalue weighted by Gasteiger charge is -2.09. The van der Waals surface area contributed by atoms with Gasteiger partial charge in [0, 0.05) is 21.8 Å². The Kier molecular flexibility index (Phi) is 3.37. The predicted octanol–water partition coefficient (Wildman–Crippen LogP) is 5.99. The van der Waals surface area contributed by atoms with Crippen molar-refractivity contribution in [3.05, 3.63) is 77.8 Å². The second kappa shape index (κ2) is 5.75. The van der Waals surface area contributed by atoms with E-state index in [0.717, 1.165) is 49.3 Å². The van der Waals surface area contributed by atoms with E-state index in [-0.39, 0.29) is 0 Å². The third kappa shape index (κ3) is 2.11. The number of aromatic nitrogens is 2. The number of rotatable bonds is 2. The number of pyridine rings is 1. The van der Waals surface area contributed by atoms with Gasteiger partial charge in [-0.3, -0.25) is 4.57 Å². The quantitative estimate of drug-likeness (QED) is 0.387. The molecule has 0 N–H and O–H groups in total. The molecule has 0 saturated heterocycles. The van der Waals surface area contributed by atoms with Gasteiger partial charge in [0.2, 0.25) is 0 Å². The molecule has 0 spiro atoms. The lowest BCUT2D eigenvalue weighted by Crippen LogP contribution is -1.96. The van der Waals surface area contributed by atoms with Gasteiger partial charge < -0.3 is 4.74 Å². The zero-order valence-corrected chi connectivity index (χ0v) is 14.9.